The number of halogens is 1. The molecule has 0 spiro atoms. The largest absolute Gasteiger partial charge is 0.497 e. The molecule has 1 heterocycles. The van der Waals surface area contributed by atoms with Crippen molar-refractivity contribution in [2.24, 2.45) is 0 Å². The van der Waals surface area contributed by atoms with Gasteiger partial charge in [-0.25, -0.2) is 0 Å². The topological polar surface area (TPSA) is 103 Å². The van der Waals surface area contributed by atoms with Crippen LogP contribution in [0.4, 0.5) is 11.4 Å². The summed E-state index contributed by atoms with van der Waals surface area (Å²) >= 11 is 7.75. The van der Waals surface area contributed by atoms with Gasteiger partial charge in [0.05, 0.1) is 35.5 Å². The van der Waals surface area contributed by atoms with Crippen LogP contribution in [0.15, 0.2) is 101 Å². The van der Waals surface area contributed by atoms with Crippen molar-refractivity contribution in [3.8, 4) is 11.8 Å². The highest BCUT2D eigenvalue weighted by Gasteiger charge is 2.35. The number of methoxy groups -OCH3 is 1. The summed E-state index contributed by atoms with van der Waals surface area (Å²) in [6.07, 6.45) is 0. The van der Waals surface area contributed by atoms with Crippen molar-refractivity contribution in [3.05, 3.63) is 111 Å². The van der Waals surface area contributed by atoms with Crippen LogP contribution in [-0.2, 0) is 9.59 Å². The lowest BCUT2D eigenvalue weighted by atomic mass is 9.82. The van der Waals surface area contributed by atoms with Crippen molar-refractivity contribution in [3.63, 3.8) is 0 Å². The van der Waals surface area contributed by atoms with E-state index in [1.165, 1.54) is 11.8 Å². The molecule has 1 aliphatic rings. The number of ether oxygens (including phenoxy) is 1. The van der Waals surface area contributed by atoms with E-state index in [4.69, 9.17) is 16.3 Å². The SMILES string of the molecule is COc1ccc(NC(=O)CSC2=C(C#N)[C@H](c3ccccc3Cl)C(C(=O)Nc3ccccc3)=C(C)N2)cc1. The van der Waals surface area contributed by atoms with E-state index < -0.39 is 5.92 Å². The smallest absolute Gasteiger partial charge is 0.254 e. The number of allylic oxidation sites excluding steroid dienone is 2. The van der Waals surface area contributed by atoms with Gasteiger partial charge in [0.25, 0.3) is 5.91 Å². The third-order valence-corrected chi connectivity index (χ3v) is 7.22. The van der Waals surface area contributed by atoms with E-state index in [2.05, 4.69) is 22.0 Å². The first-order valence-electron chi connectivity index (χ1n) is 11.7. The van der Waals surface area contributed by atoms with Crippen LogP contribution in [0, 0.1) is 11.3 Å². The fourth-order valence-corrected chi connectivity index (χ4v) is 5.21. The molecule has 3 N–H and O–H groups in total. The molecule has 0 unspecified atom stereocenters. The maximum absolute atomic E-state index is 13.5. The molecule has 1 aliphatic heterocycles. The average Bonchev–Trinajstić information content (AvgIpc) is 2.92. The van der Waals surface area contributed by atoms with Crippen LogP contribution in [0.1, 0.15) is 18.4 Å². The van der Waals surface area contributed by atoms with Crippen LogP contribution in [0.2, 0.25) is 5.02 Å². The Balaban J connectivity index is 1.61. The zero-order chi connectivity index (χ0) is 27.1. The third kappa shape index (κ3) is 6.20. The molecule has 3 aromatic carbocycles. The molecule has 3 aromatic rings. The molecule has 2 amide bonds. The van der Waals surface area contributed by atoms with Crippen molar-refractivity contribution in [2.45, 2.75) is 12.8 Å². The monoisotopic (exact) mass is 544 g/mol. The minimum atomic E-state index is -0.717. The maximum atomic E-state index is 13.5. The second kappa shape index (κ2) is 12.4. The summed E-state index contributed by atoms with van der Waals surface area (Å²) in [5.74, 6) is -0.568. The van der Waals surface area contributed by atoms with Gasteiger partial charge in [-0.3, -0.25) is 9.59 Å². The Morgan fingerprint density at radius 3 is 2.32 bits per heavy atom. The minimum Gasteiger partial charge on any atom is -0.497 e. The number of anilines is 2. The van der Waals surface area contributed by atoms with Gasteiger partial charge in [0.2, 0.25) is 5.91 Å². The third-order valence-electron chi connectivity index (χ3n) is 5.86. The first-order chi connectivity index (χ1) is 18.4. The Morgan fingerprint density at radius 2 is 1.66 bits per heavy atom. The number of hydrogen-bond acceptors (Lipinski definition) is 6. The van der Waals surface area contributed by atoms with Gasteiger partial charge in [0, 0.05) is 27.7 Å². The predicted octanol–water partition coefficient (Wildman–Crippen LogP) is 6.06. The quantitative estimate of drug-likeness (QED) is 0.319. The van der Waals surface area contributed by atoms with Crippen LogP contribution in [0.5, 0.6) is 5.75 Å². The summed E-state index contributed by atoms with van der Waals surface area (Å²) < 4.78 is 5.14. The van der Waals surface area contributed by atoms with Gasteiger partial charge < -0.3 is 20.7 Å². The van der Waals surface area contributed by atoms with Gasteiger partial charge in [-0.15, -0.1) is 0 Å². The Bertz CT molecular complexity index is 1450. The van der Waals surface area contributed by atoms with E-state index in [-0.39, 0.29) is 17.6 Å². The fourth-order valence-electron chi connectivity index (χ4n) is 4.08. The zero-order valence-electron chi connectivity index (χ0n) is 20.7. The summed E-state index contributed by atoms with van der Waals surface area (Å²) in [6.45, 7) is 1.77. The van der Waals surface area contributed by atoms with Crippen LogP contribution >= 0.6 is 23.4 Å². The highest BCUT2D eigenvalue weighted by Crippen LogP contribution is 2.43. The molecule has 38 heavy (non-hydrogen) atoms. The number of thioether (sulfide) groups is 1. The summed E-state index contributed by atoms with van der Waals surface area (Å²) in [6, 6.07) is 25.5. The number of nitriles is 1. The fraction of sp³-hybridized carbons (Fsp3) is 0.138. The Labute approximate surface area is 230 Å². The zero-order valence-corrected chi connectivity index (χ0v) is 22.3. The number of hydrogen-bond donors (Lipinski definition) is 3. The summed E-state index contributed by atoms with van der Waals surface area (Å²) in [5.41, 5.74) is 3.15. The molecule has 0 aromatic heterocycles. The molecule has 0 saturated heterocycles. The predicted molar refractivity (Wildman–Crippen MR) is 152 cm³/mol. The van der Waals surface area contributed by atoms with Gasteiger partial charge in [-0.2, -0.15) is 5.26 Å². The van der Waals surface area contributed by atoms with Crippen LogP contribution in [0.25, 0.3) is 0 Å². The average molecular weight is 545 g/mol. The van der Waals surface area contributed by atoms with E-state index in [1.54, 1.807) is 68.6 Å². The highest BCUT2D eigenvalue weighted by atomic mass is 35.5. The molecule has 1 atom stereocenters. The molecule has 0 aliphatic carbocycles. The van der Waals surface area contributed by atoms with Crippen molar-refractivity contribution in [1.29, 1.82) is 5.26 Å². The second-order valence-corrected chi connectivity index (χ2v) is 9.75. The van der Waals surface area contributed by atoms with Gasteiger partial charge in [-0.1, -0.05) is 59.8 Å². The molecular formula is C29H25ClN4O3S. The molecule has 0 bridgehead atoms. The molecule has 0 fully saturated rings. The first kappa shape index (κ1) is 26.9. The van der Waals surface area contributed by atoms with E-state index in [9.17, 15) is 14.9 Å². The number of carbonyl (C=O) groups is 2. The summed E-state index contributed by atoms with van der Waals surface area (Å²) in [5, 5.41) is 20.1. The maximum Gasteiger partial charge on any atom is 0.254 e. The molecule has 9 heteroatoms. The lowest BCUT2D eigenvalue weighted by Crippen LogP contribution is -2.31. The molecule has 192 valence electrons. The highest BCUT2D eigenvalue weighted by molar-refractivity contribution is 8.03. The lowest BCUT2D eigenvalue weighted by molar-refractivity contribution is -0.114. The first-order valence-corrected chi connectivity index (χ1v) is 13.1. The van der Waals surface area contributed by atoms with Crippen molar-refractivity contribution in [1.82, 2.24) is 5.32 Å². The Morgan fingerprint density at radius 1 is 1.00 bits per heavy atom. The van der Waals surface area contributed by atoms with Gasteiger partial charge in [0.1, 0.15) is 5.75 Å². The standard InChI is InChI=1S/C29H25ClN4O3S/c1-18-26(28(36)34-19-8-4-3-5-9-19)27(22-10-6-7-11-24(22)30)23(16-31)29(32-18)38-17-25(35)33-20-12-14-21(37-2)15-13-20/h3-15,27,32H,17H2,1-2H3,(H,33,35)(H,34,36)/t27-/m0/s1. The summed E-state index contributed by atoms with van der Waals surface area (Å²) in [7, 11) is 1.57. The van der Waals surface area contributed by atoms with Crippen molar-refractivity contribution in [2.75, 3.05) is 23.5 Å². The Hall–Kier alpha value is -4.19. The molecule has 0 radical (unpaired) electrons. The number of rotatable bonds is 8. The van der Waals surface area contributed by atoms with Crippen LogP contribution in [-0.4, -0.2) is 24.7 Å². The van der Waals surface area contributed by atoms with E-state index in [0.29, 0.717) is 49.6 Å². The van der Waals surface area contributed by atoms with E-state index in [1.807, 2.05) is 24.3 Å². The normalized spacial score (nSPS) is 14.8. The molecular weight excluding hydrogens is 520 g/mol. The Kier molecular flexibility index (Phi) is 8.74. The van der Waals surface area contributed by atoms with E-state index in [0.717, 1.165) is 0 Å². The number of benzene rings is 3. The molecule has 0 saturated carbocycles. The minimum absolute atomic E-state index is 0.0492. The number of para-hydroxylation sites is 1. The van der Waals surface area contributed by atoms with Crippen molar-refractivity contribution < 1.29 is 14.3 Å². The number of nitrogens with zero attached hydrogens (tertiary/aromatic N) is 1. The number of nitrogens with one attached hydrogen (secondary N) is 3. The molecule has 4 rings (SSSR count). The van der Waals surface area contributed by atoms with Crippen molar-refractivity contribution >= 4 is 46.6 Å². The number of carbonyl (C=O) groups excluding carboxylic acids is 2. The van der Waals surface area contributed by atoms with Crippen LogP contribution < -0.4 is 20.7 Å². The molecule has 7 nitrogen and oxygen atoms in total. The number of amides is 2. The van der Waals surface area contributed by atoms with Crippen LogP contribution in [0.3, 0.4) is 0 Å². The number of dihydropyridines is 1. The summed E-state index contributed by atoms with van der Waals surface area (Å²) in [4.78, 5) is 26.2. The van der Waals surface area contributed by atoms with Gasteiger partial charge >= 0.3 is 0 Å². The second-order valence-electron chi connectivity index (χ2n) is 8.36. The van der Waals surface area contributed by atoms with Gasteiger partial charge in [0.15, 0.2) is 0 Å². The van der Waals surface area contributed by atoms with E-state index >= 15 is 0 Å². The van der Waals surface area contributed by atoms with Gasteiger partial charge in [-0.05, 0) is 55.0 Å². The lowest BCUT2D eigenvalue weighted by Gasteiger charge is -2.30.